The van der Waals surface area contributed by atoms with Gasteiger partial charge in [-0.3, -0.25) is 9.59 Å². The highest BCUT2D eigenvalue weighted by molar-refractivity contribution is 7.44. The number of nitrogens with one attached hydrogen (secondary N) is 2. The normalized spacial score (nSPS) is 13.1. The summed E-state index contributed by atoms with van der Waals surface area (Å²) in [5, 5.41) is 15.4. The Labute approximate surface area is 375 Å². The highest BCUT2D eigenvalue weighted by Gasteiger charge is 2.40. The summed E-state index contributed by atoms with van der Waals surface area (Å²) in [6, 6.07) is 35.6. The van der Waals surface area contributed by atoms with Gasteiger partial charge in [-0.1, -0.05) is 72.8 Å². The second-order valence-corrected chi connectivity index (χ2v) is 16.8. The molecule has 2 N–H and O–H groups in total. The number of ether oxygens (including phenoxy) is 3. The minimum absolute atomic E-state index is 0.0346. The fourth-order valence-electron chi connectivity index (χ4n) is 7.36. The average molecular weight is 887 g/mol. The van der Waals surface area contributed by atoms with Gasteiger partial charge in [-0.15, -0.1) is 0 Å². The Morgan fingerprint density at radius 2 is 1.38 bits per heavy atom. The van der Waals surface area contributed by atoms with Crippen LogP contribution < -0.4 is 20.1 Å². The number of hydrogen-bond acceptors (Lipinski definition) is 12. The smallest absolute Gasteiger partial charge is 0.259 e. The molecular weight excluding hydrogens is 832 g/mol. The Balaban J connectivity index is 1.37. The summed E-state index contributed by atoms with van der Waals surface area (Å²) in [4.78, 5) is 40.6. The maximum atomic E-state index is 14.4. The van der Waals surface area contributed by atoms with E-state index < -0.39 is 26.3 Å². The third-order valence-corrected chi connectivity index (χ3v) is 12.7. The summed E-state index contributed by atoms with van der Waals surface area (Å²) in [7, 11) is 1.54. The number of imidazole rings is 1. The Morgan fingerprint density at radius 3 is 1.94 bits per heavy atom. The molecule has 3 atom stereocenters. The van der Waals surface area contributed by atoms with Crippen LogP contribution in [0, 0.1) is 11.3 Å². The van der Waals surface area contributed by atoms with E-state index in [4.69, 9.17) is 23.3 Å². The number of amides is 2. The molecule has 15 nitrogen and oxygen atoms in total. The number of hydrogen-bond donors (Lipinski definition) is 2. The Hall–Kier alpha value is -6.27. The van der Waals surface area contributed by atoms with Gasteiger partial charge in [-0.05, 0) is 87.7 Å². The number of carbonyl (C=O) groups is 2. The zero-order valence-electron chi connectivity index (χ0n) is 37.2. The van der Waals surface area contributed by atoms with Gasteiger partial charge in [0.25, 0.3) is 14.4 Å². The van der Waals surface area contributed by atoms with Gasteiger partial charge in [-0.2, -0.15) is 5.26 Å². The van der Waals surface area contributed by atoms with Gasteiger partial charge in [0.2, 0.25) is 5.91 Å². The molecule has 2 aromatic heterocycles. The molecule has 64 heavy (non-hydrogen) atoms. The van der Waals surface area contributed by atoms with E-state index in [-0.39, 0.29) is 55.9 Å². The fourth-order valence-corrected chi connectivity index (χ4v) is 9.09. The maximum absolute atomic E-state index is 14.4. The van der Waals surface area contributed by atoms with Crippen molar-refractivity contribution in [3.8, 4) is 17.6 Å². The first-order valence-electron chi connectivity index (χ1n) is 21.0. The fraction of sp³-hybridized carbons (Fsp3) is 0.333. The molecule has 0 saturated carbocycles. The van der Waals surface area contributed by atoms with Gasteiger partial charge in [0.05, 0.1) is 58.4 Å². The van der Waals surface area contributed by atoms with Crippen molar-refractivity contribution in [3.63, 3.8) is 0 Å². The number of fused-ring (bicyclic) bond motifs is 1. The second kappa shape index (κ2) is 22.4. The summed E-state index contributed by atoms with van der Waals surface area (Å²) >= 11 is 0. The van der Waals surface area contributed by atoms with E-state index in [1.807, 2.05) is 91.9 Å². The predicted molar refractivity (Wildman–Crippen MR) is 246 cm³/mol. The number of methoxy groups -OCH3 is 2. The molecule has 2 heterocycles. The standard InChI is InChI=1S/C48H55N8O7P/c1-33(2)56(34(3)4)64(62-28-14-27-49)63-35(5)42(53-43(57)29-55-32-52-44-45(50-31-51-46(44)55)54-47(58)36-15-10-8-11-16-36)30-61-48(37-17-12-9-13-18-37,38-19-23-40(59-6)24-20-38)39-21-25-41(60-7)26-22-39/h8-13,15-26,31-35,42H,14,28-30H2,1-7H3,(H,53,57)(H,50,51,54,58)/t35-,42-,64?/m0/s1. The van der Waals surface area contributed by atoms with E-state index in [0.29, 0.717) is 28.2 Å². The number of carbonyl (C=O) groups excluding carboxylic acids is 2. The molecule has 0 fully saturated rings. The molecule has 4 aromatic carbocycles. The molecule has 16 heteroatoms. The molecule has 2 amide bonds. The molecule has 334 valence electrons. The van der Waals surface area contributed by atoms with Gasteiger partial charge in [0.1, 0.15) is 30.0 Å². The van der Waals surface area contributed by atoms with Crippen LogP contribution in [-0.4, -0.2) is 87.7 Å². The van der Waals surface area contributed by atoms with Crippen LogP contribution in [0.3, 0.4) is 0 Å². The molecule has 0 aliphatic heterocycles. The van der Waals surface area contributed by atoms with Crippen molar-refractivity contribution in [1.82, 2.24) is 29.5 Å². The van der Waals surface area contributed by atoms with Crippen molar-refractivity contribution >= 4 is 37.3 Å². The summed E-state index contributed by atoms with van der Waals surface area (Å²) in [5.41, 5.74) is 2.41. The van der Waals surface area contributed by atoms with Crippen LogP contribution in [0.15, 0.2) is 122 Å². The lowest BCUT2D eigenvalue weighted by Gasteiger charge is -2.40. The number of nitriles is 1. The Bertz CT molecular complexity index is 2410. The van der Waals surface area contributed by atoms with Gasteiger partial charge in [0, 0.05) is 17.6 Å². The highest BCUT2D eigenvalue weighted by atomic mass is 31.2. The number of nitrogens with zero attached hydrogens (tertiary/aromatic N) is 6. The molecule has 0 saturated heterocycles. The van der Waals surface area contributed by atoms with E-state index in [1.54, 1.807) is 43.1 Å². The number of aromatic nitrogens is 4. The molecule has 0 radical (unpaired) electrons. The summed E-state index contributed by atoms with van der Waals surface area (Å²) < 4.78 is 35.3. The Morgan fingerprint density at radius 1 is 0.797 bits per heavy atom. The van der Waals surface area contributed by atoms with Crippen LogP contribution in [0.25, 0.3) is 11.2 Å². The Kier molecular flexibility index (Phi) is 16.5. The molecule has 0 bridgehead atoms. The van der Waals surface area contributed by atoms with Gasteiger partial charge in [-0.25, -0.2) is 19.6 Å². The van der Waals surface area contributed by atoms with E-state index in [9.17, 15) is 14.9 Å². The first-order valence-corrected chi connectivity index (χ1v) is 22.2. The summed E-state index contributed by atoms with van der Waals surface area (Å²) in [6.45, 7) is 10.1. The third kappa shape index (κ3) is 11.3. The molecule has 0 aliphatic rings. The summed E-state index contributed by atoms with van der Waals surface area (Å²) in [5.74, 6) is 0.839. The number of benzene rings is 4. The molecule has 1 unspecified atom stereocenters. The average Bonchev–Trinajstić information content (AvgIpc) is 3.72. The van der Waals surface area contributed by atoms with Crippen molar-refractivity contribution in [3.05, 3.63) is 144 Å². The van der Waals surface area contributed by atoms with Gasteiger partial charge >= 0.3 is 0 Å². The van der Waals surface area contributed by atoms with Gasteiger partial charge in [0.15, 0.2) is 17.0 Å². The SMILES string of the molecule is COc1ccc(C(OC[C@H](NC(=O)Cn2cnc3c(NC(=O)c4ccccc4)ncnc32)[C@H](C)OP(OCCC#N)N(C(C)C)C(C)C)(c2ccccc2)c2ccc(OC)cc2)cc1. The van der Waals surface area contributed by atoms with Crippen molar-refractivity contribution in [2.45, 2.75) is 77.4 Å². The van der Waals surface area contributed by atoms with E-state index >= 15 is 0 Å². The van der Waals surface area contributed by atoms with Crippen LogP contribution in [-0.2, 0) is 30.7 Å². The van der Waals surface area contributed by atoms with Crippen molar-refractivity contribution in [2.75, 3.05) is 32.8 Å². The van der Waals surface area contributed by atoms with E-state index in [0.717, 1.165) is 16.7 Å². The lowest BCUT2D eigenvalue weighted by atomic mass is 9.80. The quantitative estimate of drug-likeness (QED) is 0.0380. The van der Waals surface area contributed by atoms with Crippen molar-refractivity contribution in [2.24, 2.45) is 0 Å². The zero-order chi connectivity index (χ0) is 45.6. The predicted octanol–water partition coefficient (Wildman–Crippen LogP) is 8.27. The summed E-state index contributed by atoms with van der Waals surface area (Å²) in [6.07, 6.45) is 2.31. The lowest BCUT2D eigenvalue weighted by Crippen LogP contribution is -2.49. The largest absolute Gasteiger partial charge is 0.497 e. The van der Waals surface area contributed by atoms with E-state index in [2.05, 4.69) is 64.0 Å². The monoisotopic (exact) mass is 886 g/mol. The topological polar surface area (TPSA) is 175 Å². The second-order valence-electron chi connectivity index (χ2n) is 15.4. The minimum atomic E-state index is -1.70. The first-order chi connectivity index (χ1) is 31.0. The molecule has 6 rings (SSSR count). The third-order valence-electron chi connectivity index (χ3n) is 10.5. The van der Waals surface area contributed by atoms with Crippen LogP contribution in [0.2, 0.25) is 0 Å². The van der Waals surface area contributed by atoms with Crippen LogP contribution in [0.1, 0.15) is 68.1 Å². The number of rotatable bonds is 22. The van der Waals surface area contributed by atoms with Gasteiger partial charge < -0.3 is 38.5 Å². The molecule has 6 aromatic rings. The lowest BCUT2D eigenvalue weighted by molar-refractivity contribution is -0.124. The maximum Gasteiger partial charge on any atom is 0.259 e. The van der Waals surface area contributed by atoms with Crippen LogP contribution in [0.4, 0.5) is 5.82 Å². The minimum Gasteiger partial charge on any atom is -0.497 e. The molecule has 0 aliphatic carbocycles. The van der Waals surface area contributed by atoms with Crippen LogP contribution in [0.5, 0.6) is 11.5 Å². The van der Waals surface area contributed by atoms with Crippen LogP contribution >= 0.6 is 8.53 Å². The van der Waals surface area contributed by atoms with Crippen molar-refractivity contribution in [1.29, 1.82) is 5.26 Å². The highest BCUT2D eigenvalue weighted by Crippen LogP contribution is 2.48. The first kappa shape index (κ1) is 47.2. The van der Waals surface area contributed by atoms with Crippen molar-refractivity contribution < 1.29 is 32.8 Å². The molecule has 0 spiro atoms. The molecular formula is C48H55N8O7P. The number of anilines is 1. The zero-order valence-corrected chi connectivity index (χ0v) is 38.1. The van der Waals surface area contributed by atoms with E-state index in [1.165, 1.54) is 12.7 Å².